The first kappa shape index (κ1) is 18.2. The Morgan fingerprint density at radius 2 is 1.81 bits per heavy atom. The maximum Gasteiger partial charge on any atom is 0.260 e. The molecule has 2 aromatic carbocycles. The van der Waals surface area contributed by atoms with Crippen LogP contribution in [-0.4, -0.2) is 22.3 Å². The molecule has 0 aliphatic carbocycles. The van der Waals surface area contributed by atoms with Crippen molar-refractivity contribution >= 4 is 5.91 Å². The van der Waals surface area contributed by atoms with E-state index in [4.69, 9.17) is 11.2 Å². The molecule has 4 nitrogen and oxygen atoms in total. The molecule has 134 valence electrons. The largest absolute Gasteiger partial charge is 0.438 e. The van der Waals surface area contributed by atoms with E-state index in [1.54, 1.807) is 23.2 Å². The third kappa shape index (κ3) is 4.74. The van der Waals surface area contributed by atoms with Gasteiger partial charge < -0.3 is 9.64 Å². The molecule has 0 saturated carbocycles. The summed E-state index contributed by atoms with van der Waals surface area (Å²) in [5, 5.41) is 0. The highest BCUT2D eigenvalue weighted by molar-refractivity contribution is 5.96. The van der Waals surface area contributed by atoms with Crippen molar-refractivity contribution in [3.63, 3.8) is 0 Å². The number of carbonyl (C=O) groups is 1. The van der Waals surface area contributed by atoms with Crippen molar-refractivity contribution in [3.05, 3.63) is 89.6 Å². The van der Waals surface area contributed by atoms with Crippen LogP contribution in [0.25, 0.3) is 0 Å². The minimum absolute atomic E-state index is 0.201. The molecule has 1 heterocycles. The third-order valence-corrected chi connectivity index (χ3v) is 4.02. The molecule has 1 amide bonds. The summed E-state index contributed by atoms with van der Waals surface area (Å²) in [6.45, 7) is 2.65. The van der Waals surface area contributed by atoms with Gasteiger partial charge in [0, 0.05) is 12.7 Å². The topological polar surface area (TPSA) is 42.4 Å². The Balaban J connectivity index is 1.85. The van der Waals surface area contributed by atoms with Crippen molar-refractivity contribution in [1.82, 2.24) is 9.88 Å². The van der Waals surface area contributed by atoms with Gasteiger partial charge in [0.25, 0.3) is 5.91 Å². The summed E-state index contributed by atoms with van der Waals surface area (Å²) < 4.78 is 5.81. The second-order valence-corrected chi connectivity index (χ2v) is 6.12. The fraction of sp³-hybridized carbons (Fsp3) is 0.130. The molecule has 1 aromatic heterocycles. The van der Waals surface area contributed by atoms with Gasteiger partial charge in [0.05, 0.1) is 6.54 Å². The first-order valence-electron chi connectivity index (χ1n) is 8.63. The average molecular weight is 356 g/mol. The fourth-order valence-electron chi connectivity index (χ4n) is 2.63. The van der Waals surface area contributed by atoms with Crippen molar-refractivity contribution in [3.8, 4) is 24.0 Å². The Morgan fingerprint density at radius 3 is 2.52 bits per heavy atom. The van der Waals surface area contributed by atoms with Crippen molar-refractivity contribution < 1.29 is 9.53 Å². The molecule has 0 aliphatic rings. The van der Waals surface area contributed by atoms with E-state index in [1.807, 2.05) is 61.5 Å². The number of para-hydroxylation sites is 1. The van der Waals surface area contributed by atoms with Crippen molar-refractivity contribution in [2.75, 3.05) is 6.54 Å². The van der Waals surface area contributed by atoms with Gasteiger partial charge in [-0.15, -0.1) is 6.42 Å². The number of benzene rings is 2. The minimum atomic E-state index is -0.215. The van der Waals surface area contributed by atoms with Crippen LogP contribution >= 0.6 is 0 Å². The Kier molecular flexibility index (Phi) is 5.86. The molecule has 0 bridgehead atoms. The molecule has 3 rings (SSSR count). The van der Waals surface area contributed by atoms with Gasteiger partial charge in [0.15, 0.2) is 0 Å². The van der Waals surface area contributed by atoms with Crippen LogP contribution in [0.4, 0.5) is 0 Å². The Bertz CT molecular complexity index is 944. The lowest BCUT2D eigenvalue weighted by Gasteiger charge is -2.21. The average Bonchev–Trinajstić information content (AvgIpc) is 2.70. The molecule has 0 fully saturated rings. The van der Waals surface area contributed by atoms with Crippen molar-refractivity contribution in [1.29, 1.82) is 0 Å². The van der Waals surface area contributed by atoms with Crippen LogP contribution in [0.15, 0.2) is 72.9 Å². The molecule has 0 N–H and O–H groups in total. The van der Waals surface area contributed by atoms with Crippen LogP contribution in [0.3, 0.4) is 0 Å². The molecule has 0 unspecified atom stereocenters. The zero-order valence-corrected chi connectivity index (χ0v) is 15.1. The zero-order valence-electron chi connectivity index (χ0n) is 15.1. The van der Waals surface area contributed by atoms with Crippen molar-refractivity contribution in [2.45, 2.75) is 13.5 Å². The van der Waals surface area contributed by atoms with Crippen LogP contribution in [0.1, 0.15) is 21.5 Å². The van der Waals surface area contributed by atoms with Gasteiger partial charge in [0.1, 0.15) is 11.3 Å². The number of carbonyl (C=O) groups excluding carboxylic acids is 1. The van der Waals surface area contributed by atoms with Gasteiger partial charge >= 0.3 is 0 Å². The number of hydrogen-bond donors (Lipinski definition) is 0. The number of amides is 1. The molecule has 3 aromatic rings. The standard InChI is InChI=1S/C23H20N2O2/c1-3-16-25(17-19-13-11-18(2)12-14-19)23(26)21-10-7-15-24-22(21)27-20-8-5-4-6-9-20/h1,4-15H,16-17H2,2H3. The first-order valence-corrected chi connectivity index (χ1v) is 8.63. The molecule has 0 spiro atoms. The smallest absolute Gasteiger partial charge is 0.260 e. The Hall–Kier alpha value is -3.58. The van der Waals surface area contributed by atoms with E-state index in [9.17, 15) is 4.79 Å². The van der Waals surface area contributed by atoms with Gasteiger partial charge in [-0.3, -0.25) is 4.79 Å². The maximum absolute atomic E-state index is 13.1. The zero-order chi connectivity index (χ0) is 19.1. The van der Waals surface area contributed by atoms with Gasteiger partial charge in [-0.2, -0.15) is 0 Å². The highest BCUT2D eigenvalue weighted by atomic mass is 16.5. The molecule has 0 radical (unpaired) electrons. The van der Waals surface area contributed by atoms with E-state index in [0.717, 1.165) is 5.56 Å². The third-order valence-electron chi connectivity index (χ3n) is 4.02. The number of nitrogens with zero attached hydrogens (tertiary/aromatic N) is 2. The lowest BCUT2D eigenvalue weighted by atomic mass is 10.1. The Labute approximate surface area is 159 Å². The van der Waals surface area contributed by atoms with Gasteiger partial charge in [-0.1, -0.05) is 53.9 Å². The summed E-state index contributed by atoms with van der Waals surface area (Å²) in [6.07, 6.45) is 7.09. The number of aryl methyl sites for hydroxylation is 1. The molecular weight excluding hydrogens is 336 g/mol. The van der Waals surface area contributed by atoms with E-state index in [0.29, 0.717) is 17.9 Å². The van der Waals surface area contributed by atoms with Crippen LogP contribution in [0.2, 0.25) is 0 Å². The van der Waals surface area contributed by atoms with Crippen LogP contribution in [0.5, 0.6) is 11.6 Å². The number of rotatable bonds is 6. The molecule has 0 atom stereocenters. The number of aromatic nitrogens is 1. The summed E-state index contributed by atoms with van der Waals surface area (Å²) in [4.78, 5) is 19.0. The highest BCUT2D eigenvalue weighted by Gasteiger charge is 2.20. The highest BCUT2D eigenvalue weighted by Crippen LogP contribution is 2.24. The SMILES string of the molecule is C#CCN(Cc1ccc(C)cc1)C(=O)c1cccnc1Oc1ccccc1. The minimum Gasteiger partial charge on any atom is -0.438 e. The van der Waals surface area contributed by atoms with Crippen LogP contribution < -0.4 is 4.74 Å². The number of ether oxygens (including phenoxy) is 1. The predicted molar refractivity (Wildman–Crippen MR) is 106 cm³/mol. The van der Waals surface area contributed by atoms with Gasteiger partial charge in [-0.25, -0.2) is 4.98 Å². The first-order chi connectivity index (χ1) is 13.2. The second-order valence-electron chi connectivity index (χ2n) is 6.12. The van der Waals surface area contributed by atoms with E-state index in [1.165, 1.54) is 5.56 Å². The number of terminal acetylenes is 1. The number of hydrogen-bond acceptors (Lipinski definition) is 3. The summed E-state index contributed by atoms with van der Waals surface area (Å²) in [7, 11) is 0. The van der Waals surface area contributed by atoms with Crippen LogP contribution in [0, 0.1) is 19.3 Å². The molecule has 0 aliphatic heterocycles. The second kappa shape index (κ2) is 8.68. The van der Waals surface area contributed by atoms with Crippen molar-refractivity contribution in [2.24, 2.45) is 0 Å². The Morgan fingerprint density at radius 1 is 1.07 bits per heavy atom. The number of pyridine rings is 1. The molecular formula is C23H20N2O2. The fourth-order valence-corrected chi connectivity index (χ4v) is 2.63. The van der Waals surface area contributed by atoms with E-state index < -0.39 is 0 Å². The lowest BCUT2D eigenvalue weighted by molar-refractivity contribution is 0.0762. The van der Waals surface area contributed by atoms with E-state index in [-0.39, 0.29) is 18.3 Å². The van der Waals surface area contributed by atoms with E-state index in [2.05, 4.69) is 10.9 Å². The molecule has 0 saturated heterocycles. The predicted octanol–water partition coefficient (Wildman–Crippen LogP) is 4.46. The quantitative estimate of drug-likeness (QED) is 0.613. The summed E-state index contributed by atoms with van der Waals surface area (Å²) in [5.41, 5.74) is 2.56. The summed E-state index contributed by atoms with van der Waals surface area (Å²) in [6, 6.07) is 20.7. The van der Waals surface area contributed by atoms with Gasteiger partial charge in [0.2, 0.25) is 5.88 Å². The summed E-state index contributed by atoms with van der Waals surface area (Å²) in [5.74, 6) is 3.23. The normalized spacial score (nSPS) is 10.1. The lowest BCUT2D eigenvalue weighted by Crippen LogP contribution is -2.31. The molecule has 27 heavy (non-hydrogen) atoms. The van der Waals surface area contributed by atoms with Crippen LogP contribution in [-0.2, 0) is 6.54 Å². The monoisotopic (exact) mass is 356 g/mol. The van der Waals surface area contributed by atoms with Gasteiger partial charge in [-0.05, 0) is 36.8 Å². The van der Waals surface area contributed by atoms with E-state index >= 15 is 0 Å². The molecule has 4 heteroatoms. The maximum atomic E-state index is 13.1. The summed E-state index contributed by atoms with van der Waals surface area (Å²) >= 11 is 0.